The minimum atomic E-state index is -0.546. The van der Waals surface area contributed by atoms with Gasteiger partial charge in [-0.2, -0.15) is 0 Å². The molecule has 2 atom stereocenters. The summed E-state index contributed by atoms with van der Waals surface area (Å²) in [6, 6.07) is 7.61. The molecule has 1 aliphatic rings. The molecule has 110 valence electrons. The average Bonchev–Trinajstić information content (AvgIpc) is 2.48. The first kappa shape index (κ1) is 14.8. The quantitative estimate of drug-likeness (QED) is 0.892. The molecule has 1 aromatic carbocycles. The Morgan fingerprint density at radius 2 is 2.20 bits per heavy atom. The molecule has 2 rings (SSSR count). The maximum atomic E-state index is 12.3. The van der Waals surface area contributed by atoms with Crippen LogP contribution in [0.5, 0.6) is 5.75 Å². The van der Waals surface area contributed by atoms with Gasteiger partial charge in [0.05, 0.1) is 19.3 Å². The van der Waals surface area contributed by atoms with E-state index in [1.165, 1.54) is 0 Å². The van der Waals surface area contributed by atoms with Gasteiger partial charge in [-0.3, -0.25) is 4.79 Å². The Morgan fingerprint density at radius 1 is 1.50 bits per heavy atom. The van der Waals surface area contributed by atoms with Crippen LogP contribution in [0.1, 0.15) is 12.5 Å². The van der Waals surface area contributed by atoms with Crippen molar-refractivity contribution in [3.8, 4) is 5.75 Å². The van der Waals surface area contributed by atoms with Crippen molar-refractivity contribution < 1.29 is 19.4 Å². The van der Waals surface area contributed by atoms with E-state index in [1.807, 2.05) is 31.2 Å². The summed E-state index contributed by atoms with van der Waals surface area (Å²) in [5, 5.41) is 9.10. The van der Waals surface area contributed by atoms with Gasteiger partial charge in [0.25, 0.3) is 5.91 Å². The number of ether oxygens (including phenoxy) is 2. The van der Waals surface area contributed by atoms with Crippen LogP contribution in [0.15, 0.2) is 24.3 Å². The number of hydrogen-bond donors (Lipinski definition) is 1. The van der Waals surface area contributed by atoms with Crippen molar-refractivity contribution in [3.05, 3.63) is 29.8 Å². The first-order valence-electron chi connectivity index (χ1n) is 6.84. The molecule has 20 heavy (non-hydrogen) atoms. The van der Waals surface area contributed by atoms with E-state index in [4.69, 9.17) is 14.6 Å². The van der Waals surface area contributed by atoms with Crippen molar-refractivity contribution in [2.75, 3.05) is 26.3 Å². The Hall–Kier alpha value is -1.59. The van der Waals surface area contributed by atoms with Crippen LogP contribution in [0.3, 0.4) is 0 Å². The second kappa shape index (κ2) is 6.72. The van der Waals surface area contributed by atoms with E-state index < -0.39 is 6.10 Å². The smallest absolute Gasteiger partial charge is 0.263 e. The monoisotopic (exact) mass is 279 g/mol. The number of amides is 1. The van der Waals surface area contributed by atoms with Gasteiger partial charge >= 0.3 is 0 Å². The van der Waals surface area contributed by atoms with E-state index in [-0.39, 0.29) is 18.6 Å². The van der Waals surface area contributed by atoms with E-state index in [1.54, 1.807) is 11.8 Å². The third-order valence-electron chi connectivity index (χ3n) is 3.34. The number of carbonyl (C=O) groups excluding carboxylic acids is 1. The van der Waals surface area contributed by atoms with Crippen molar-refractivity contribution in [3.63, 3.8) is 0 Å². The Morgan fingerprint density at radius 3 is 2.85 bits per heavy atom. The lowest BCUT2D eigenvalue weighted by atomic mass is 10.2. The molecule has 1 fully saturated rings. The molecule has 5 heteroatoms. The van der Waals surface area contributed by atoms with Gasteiger partial charge in [-0.05, 0) is 26.0 Å². The van der Waals surface area contributed by atoms with Gasteiger partial charge < -0.3 is 19.5 Å². The van der Waals surface area contributed by atoms with Crippen molar-refractivity contribution >= 4 is 5.91 Å². The molecule has 0 spiro atoms. The first-order valence-corrected chi connectivity index (χ1v) is 6.84. The van der Waals surface area contributed by atoms with Gasteiger partial charge in [-0.1, -0.05) is 17.7 Å². The van der Waals surface area contributed by atoms with Crippen LogP contribution in [-0.4, -0.2) is 54.4 Å². The van der Waals surface area contributed by atoms with E-state index in [0.717, 1.165) is 5.56 Å². The highest BCUT2D eigenvalue weighted by Crippen LogP contribution is 2.15. The topological polar surface area (TPSA) is 59.0 Å². The van der Waals surface area contributed by atoms with Crippen LogP contribution >= 0.6 is 0 Å². The van der Waals surface area contributed by atoms with Crippen molar-refractivity contribution in [2.24, 2.45) is 0 Å². The van der Waals surface area contributed by atoms with E-state index in [9.17, 15) is 4.79 Å². The Bertz CT molecular complexity index is 446. The maximum Gasteiger partial charge on any atom is 0.263 e. The summed E-state index contributed by atoms with van der Waals surface area (Å²) < 4.78 is 11.0. The third kappa shape index (κ3) is 3.71. The summed E-state index contributed by atoms with van der Waals surface area (Å²) in [6.45, 7) is 5.08. The molecule has 1 aliphatic heterocycles. The standard InChI is InChI=1S/C15H21NO4/c1-11-3-5-13(6-4-11)20-12(2)15(18)16-7-8-19-14(9-16)10-17/h3-6,12,14,17H,7-10H2,1-2H3. The first-order chi connectivity index (χ1) is 9.60. The molecule has 0 saturated carbocycles. The molecule has 0 aliphatic carbocycles. The van der Waals surface area contributed by atoms with E-state index in [0.29, 0.717) is 25.4 Å². The fourth-order valence-corrected chi connectivity index (χ4v) is 2.16. The number of hydrogen-bond acceptors (Lipinski definition) is 4. The number of rotatable bonds is 4. The normalized spacial score (nSPS) is 20.6. The van der Waals surface area contributed by atoms with Crippen LogP contribution in [0, 0.1) is 6.92 Å². The summed E-state index contributed by atoms with van der Waals surface area (Å²) >= 11 is 0. The molecule has 0 aromatic heterocycles. The van der Waals surface area contributed by atoms with Crippen LogP contribution in [0.2, 0.25) is 0 Å². The number of morpholine rings is 1. The number of aliphatic hydroxyl groups excluding tert-OH is 1. The Labute approximate surface area is 119 Å². The van der Waals surface area contributed by atoms with Gasteiger partial charge in [-0.25, -0.2) is 0 Å². The minimum Gasteiger partial charge on any atom is -0.481 e. The highest BCUT2D eigenvalue weighted by molar-refractivity contribution is 5.81. The summed E-state index contributed by atoms with van der Waals surface area (Å²) in [5.74, 6) is 0.607. The molecule has 0 bridgehead atoms. The minimum absolute atomic E-state index is 0.0724. The lowest BCUT2D eigenvalue weighted by Gasteiger charge is -2.33. The SMILES string of the molecule is Cc1ccc(OC(C)C(=O)N2CCOC(CO)C2)cc1. The highest BCUT2D eigenvalue weighted by atomic mass is 16.5. The highest BCUT2D eigenvalue weighted by Gasteiger charge is 2.27. The Kier molecular flexibility index (Phi) is 4.98. The molecule has 2 unspecified atom stereocenters. The van der Waals surface area contributed by atoms with Crippen molar-refractivity contribution in [1.29, 1.82) is 0 Å². The van der Waals surface area contributed by atoms with Gasteiger partial charge in [0.1, 0.15) is 5.75 Å². The molecular formula is C15H21NO4. The van der Waals surface area contributed by atoms with Crippen LogP contribution < -0.4 is 4.74 Å². The molecule has 5 nitrogen and oxygen atoms in total. The zero-order chi connectivity index (χ0) is 14.5. The van der Waals surface area contributed by atoms with E-state index in [2.05, 4.69) is 0 Å². The summed E-state index contributed by atoms with van der Waals surface area (Å²) in [5.41, 5.74) is 1.15. The number of aryl methyl sites for hydroxylation is 1. The fourth-order valence-electron chi connectivity index (χ4n) is 2.16. The fraction of sp³-hybridized carbons (Fsp3) is 0.533. The lowest BCUT2D eigenvalue weighted by molar-refractivity contribution is -0.146. The zero-order valence-corrected chi connectivity index (χ0v) is 11.9. The van der Waals surface area contributed by atoms with E-state index >= 15 is 0 Å². The largest absolute Gasteiger partial charge is 0.481 e. The summed E-state index contributed by atoms with van der Waals surface area (Å²) in [6.07, 6.45) is -0.838. The molecule has 1 aromatic rings. The van der Waals surface area contributed by atoms with Gasteiger partial charge in [0.15, 0.2) is 6.10 Å². The number of nitrogens with zero attached hydrogens (tertiary/aromatic N) is 1. The third-order valence-corrected chi connectivity index (χ3v) is 3.34. The lowest BCUT2D eigenvalue weighted by Crippen LogP contribution is -2.50. The van der Waals surface area contributed by atoms with Crippen LogP contribution in [-0.2, 0) is 9.53 Å². The van der Waals surface area contributed by atoms with Gasteiger partial charge in [0.2, 0.25) is 0 Å². The van der Waals surface area contributed by atoms with Crippen molar-refractivity contribution in [2.45, 2.75) is 26.1 Å². The maximum absolute atomic E-state index is 12.3. The molecule has 1 saturated heterocycles. The van der Waals surface area contributed by atoms with Gasteiger partial charge in [-0.15, -0.1) is 0 Å². The number of benzene rings is 1. The Balaban J connectivity index is 1.92. The second-order valence-electron chi connectivity index (χ2n) is 5.03. The van der Waals surface area contributed by atoms with Crippen LogP contribution in [0.25, 0.3) is 0 Å². The van der Waals surface area contributed by atoms with Crippen LogP contribution in [0.4, 0.5) is 0 Å². The summed E-state index contributed by atoms with van der Waals surface area (Å²) in [7, 11) is 0. The predicted molar refractivity (Wildman–Crippen MR) is 74.7 cm³/mol. The average molecular weight is 279 g/mol. The summed E-state index contributed by atoms with van der Waals surface area (Å²) in [4.78, 5) is 14.0. The molecule has 0 radical (unpaired) electrons. The number of carbonyl (C=O) groups is 1. The second-order valence-corrected chi connectivity index (χ2v) is 5.03. The van der Waals surface area contributed by atoms with Gasteiger partial charge in [0, 0.05) is 13.1 Å². The predicted octanol–water partition coefficient (Wildman–Crippen LogP) is 0.982. The number of aliphatic hydroxyl groups is 1. The molecule has 1 heterocycles. The van der Waals surface area contributed by atoms with Crippen molar-refractivity contribution in [1.82, 2.24) is 4.90 Å². The molecule has 1 N–H and O–H groups in total. The zero-order valence-electron chi connectivity index (χ0n) is 11.9. The molecule has 1 amide bonds. The molecular weight excluding hydrogens is 258 g/mol.